The van der Waals surface area contributed by atoms with Crippen LogP contribution in [0.4, 0.5) is 19.0 Å². The van der Waals surface area contributed by atoms with Gasteiger partial charge in [-0.15, -0.1) is 0 Å². The first kappa shape index (κ1) is 21.2. The lowest BCUT2D eigenvalue weighted by atomic mass is 10.1. The van der Waals surface area contributed by atoms with Crippen LogP contribution >= 0.6 is 23.2 Å². The monoisotopic (exact) mass is 421 g/mol. The molecule has 10 heteroatoms. The Morgan fingerprint density at radius 1 is 1.30 bits per heavy atom. The minimum Gasteiger partial charge on any atom is -0.467 e. The van der Waals surface area contributed by atoms with Crippen molar-refractivity contribution in [2.45, 2.75) is 26.4 Å². The fourth-order valence-corrected chi connectivity index (χ4v) is 2.62. The summed E-state index contributed by atoms with van der Waals surface area (Å²) >= 11 is 12.1. The van der Waals surface area contributed by atoms with Gasteiger partial charge in [0.15, 0.2) is 12.4 Å². The maximum atomic E-state index is 12.4. The summed E-state index contributed by atoms with van der Waals surface area (Å²) in [7, 11) is 0. The number of amides is 1. The Labute approximate surface area is 163 Å². The fourth-order valence-electron chi connectivity index (χ4n) is 2.12. The van der Waals surface area contributed by atoms with Crippen LogP contribution < -0.4 is 10.1 Å². The van der Waals surface area contributed by atoms with E-state index in [9.17, 15) is 18.0 Å². The Bertz CT molecular complexity index is 830. The number of nitrogens with one attached hydrogen (secondary N) is 1. The molecule has 0 saturated carbocycles. The first-order chi connectivity index (χ1) is 12.5. The summed E-state index contributed by atoms with van der Waals surface area (Å²) in [6.45, 7) is 2.18. The zero-order valence-corrected chi connectivity index (χ0v) is 15.9. The highest BCUT2D eigenvalue weighted by molar-refractivity contribution is 6.36. The van der Waals surface area contributed by atoms with Crippen LogP contribution in [0.1, 0.15) is 20.3 Å². The molecule has 27 heavy (non-hydrogen) atoms. The van der Waals surface area contributed by atoms with E-state index in [2.05, 4.69) is 20.0 Å². The molecule has 0 aliphatic heterocycles. The lowest BCUT2D eigenvalue weighted by molar-refractivity contribution is -0.154. The van der Waals surface area contributed by atoms with Gasteiger partial charge >= 0.3 is 6.18 Å². The molecule has 0 spiro atoms. The smallest absolute Gasteiger partial charge is 0.422 e. The third-order valence-corrected chi connectivity index (χ3v) is 3.72. The molecule has 0 aliphatic carbocycles. The van der Waals surface area contributed by atoms with Crippen LogP contribution in [-0.2, 0) is 4.79 Å². The van der Waals surface area contributed by atoms with E-state index >= 15 is 0 Å². The molecule has 5 nitrogen and oxygen atoms in total. The molecule has 1 aromatic carbocycles. The molecule has 1 heterocycles. The predicted octanol–water partition coefficient (Wildman–Crippen LogP) is 5.38. The maximum Gasteiger partial charge on any atom is 0.422 e. The van der Waals surface area contributed by atoms with E-state index in [1.54, 1.807) is 12.1 Å². The number of hydrogen-bond acceptors (Lipinski definition) is 4. The molecule has 0 unspecified atom stereocenters. The van der Waals surface area contributed by atoms with E-state index in [4.69, 9.17) is 23.2 Å². The van der Waals surface area contributed by atoms with Crippen LogP contribution in [0.2, 0.25) is 10.0 Å². The van der Waals surface area contributed by atoms with E-state index < -0.39 is 12.8 Å². The van der Waals surface area contributed by atoms with E-state index in [0.717, 1.165) is 6.20 Å². The molecule has 1 amide bonds. The summed E-state index contributed by atoms with van der Waals surface area (Å²) < 4.78 is 41.7. The molecule has 0 atom stereocenters. The van der Waals surface area contributed by atoms with Gasteiger partial charge in [0.25, 0.3) is 0 Å². The number of rotatable bonds is 6. The van der Waals surface area contributed by atoms with E-state index in [-0.39, 0.29) is 40.7 Å². The predicted molar refractivity (Wildman–Crippen MR) is 97.1 cm³/mol. The molecule has 2 aromatic rings. The van der Waals surface area contributed by atoms with Crippen LogP contribution in [-0.4, -0.2) is 28.7 Å². The minimum absolute atomic E-state index is 0.0513. The summed E-state index contributed by atoms with van der Waals surface area (Å²) in [5.74, 6) is -0.714. The molecule has 1 N–H and O–H groups in total. The van der Waals surface area contributed by atoms with Crippen molar-refractivity contribution in [2.24, 2.45) is 5.92 Å². The van der Waals surface area contributed by atoms with Crippen molar-refractivity contribution in [3.05, 3.63) is 34.4 Å². The van der Waals surface area contributed by atoms with Crippen molar-refractivity contribution in [1.29, 1.82) is 0 Å². The second-order valence-electron chi connectivity index (χ2n) is 6.08. The number of alkyl halides is 3. The number of hydrogen-bond donors (Lipinski definition) is 1. The topological polar surface area (TPSA) is 64.1 Å². The summed E-state index contributed by atoms with van der Waals surface area (Å²) in [4.78, 5) is 20.1. The van der Waals surface area contributed by atoms with Crippen LogP contribution in [0.3, 0.4) is 0 Å². The standard InChI is InChI=1S/C17H16Cl2F3N3O2/c1-9(2)5-13(26)24-16-15(11-4-3-10(18)6-12(11)19)23-7-14(25-16)27-8-17(20,21)22/h3-4,6-7,9H,5,8H2,1-2H3,(H,24,25,26). The normalized spacial score (nSPS) is 11.6. The van der Waals surface area contributed by atoms with Crippen molar-refractivity contribution in [1.82, 2.24) is 9.97 Å². The second kappa shape index (κ2) is 8.75. The molecule has 0 aliphatic rings. The van der Waals surface area contributed by atoms with E-state index in [1.165, 1.54) is 6.07 Å². The summed E-state index contributed by atoms with van der Waals surface area (Å²) in [6.07, 6.45) is -3.30. The second-order valence-corrected chi connectivity index (χ2v) is 6.92. The van der Waals surface area contributed by atoms with Gasteiger partial charge in [0.2, 0.25) is 11.8 Å². The Kier molecular flexibility index (Phi) is 6.89. The van der Waals surface area contributed by atoms with Crippen molar-refractivity contribution < 1.29 is 22.7 Å². The van der Waals surface area contributed by atoms with Crippen molar-refractivity contribution in [3.63, 3.8) is 0 Å². The number of anilines is 1. The molecule has 2 rings (SSSR count). The number of halogens is 5. The average molecular weight is 422 g/mol. The zero-order valence-electron chi connectivity index (χ0n) is 14.4. The molecule has 0 fully saturated rings. The SMILES string of the molecule is CC(C)CC(=O)Nc1nc(OCC(F)(F)F)cnc1-c1ccc(Cl)cc1Cl. The third-order valence-electron chi connectivity index (χ3n) is 3.17. The fraction of sp³-hybridized carbons (Fsp3) is 0.353. The van der Waals surface area contributed by atoms with Crippen LogP contribution in [0.15, 0.2) is 24.4 Å². The first-order valence-corrected chi connectivity index (χ1v) is 8.62. The Morgan fingerprint density at radius 2 is 2.00 bits per heavy atom. The Morgan fingerprint density at radius 3 is 2.59 bits per heavy atom. The highest BCUT2D eigenvalue weighted by Crippen LogP contribution is 2.34. The number of aromatic nitrogens is 2. The van der Waals surface area contributed by atoms with Gasteiger partial charge in [-0.2, -0.15) is 18.2 Å². The van der Waals surface area contributed by atoms with Gasteiger partial charge < -0.3 is 10.1 Å². The quantitative estimate of drug-likeness (QED) is 0.680. The van der Waals surface area contributed by atoms with Crippen molar-refractivity contribution >= 4 is 34.9 Å². The molecule has 146 valence electrons. The number of ether oxygens (including phenoxy) is 1. The third kappa shape index (κ3) is 6.55. The summed E-state index contributed by atoms with van der Waals surface area (Å²) in [5.41, 5.74) is 0.601. The molecule has 0 bridgehead atoms. The lowest BCUT2D eigenvalue weighted by Crippen LogP contribution is -2.20. The molecule has 1 aromatic heterocycles. The van der Waals surface area contributed by atoms with Crippen LogP contribution in [0.25, 0.3) is 11.3 Å². The van der Waals surface area contributed by atoms with Gasteiger partial charge in [0, 0.05) is 17.0 Å². The van der Waals surface area contributed by atoms with Gasteiger partial charge in [-0.3, -0.25) is 4.79 Å². The van der Waals surface area contributed by atoms with Crippen molar-refractivity contribution in [2.75, 3.05) is 11.9 Å². The number of benzene rings is 1. The van der Waals surface area contributed by atoms with Gasteiger partial charge in [-0.05, 0) is 24.1 Å². The number of carbonyl (C=O) groups excluding carboxylic acids is 1. The molecular weight excluding hydrogens is 406 g/mol. The van der Waals surface area contributed by atoms with Crippen LogP contribution in [0, 0.1) is 5.92 Å². The lowest BCUT2D eigenvalue weighted by Gasteiger charge is -2.14. The number of carbonyl (C=O) groups is 1. The molecule has 0 saturated heterocycles. The van der Waals surface area contributed by atoms with Gasteiger partial charge in [0.1, 0.15) is 5.69 Å². The van der Waals surface area contributed by atoms with Gasteiger partial charge in [-0.25, -0.2) is 4.98 Å². The van der Waals surface area contributed by atoms with Gasteiger partial charge in [-0.1, -0.05) is 37.0 Å². The number of nitrogens with zero attached hydrogens (tertiary/aromatic N) is 2. The highest BCUT2D eigenvalue weighted by Gasteiger charge is 2.29. The molecule has 0 radical (unpaired) electrons. The minimum atomic E-state index is -4.53. The van der Waals surface area contributed by atoms with Crippen molar-refractivity contribution in [3.8, 4) is 17.1 Å². The zero-order chi connectivity index (χ0) is 20.2. The van der Waals surface area contributed by atoms with Gasteiger partial charge in [0.05, 0.1) is 11.2 Å². The highest BCUT2D eigenvalue weighted by atomic mass is 35.5. The summed E-state index contributed by atoms with van der Waals surface area (Å²) in [5, 5.41) is 3.20. The largest absolute Gasteiger partial charge is 0.467 e. The van der Waals surface area contributed by atoms with E-state index in [1.807, 2.05) is 13.8 Å². The Balaban J connectivity index is 2.40. The Hall–Kier alpha value is -2.06. The maximum absolute atomic E-state index is 12.4. The van der Waals surface area contributed by atoms with E-state index in [0.29, 0.717) is 10.6 Å². The summed E-state index contributed by atoms with van der Waals surface area (Å²) in [6, 6.07) is 4.62. The molecular formula is C17H16Cl2F3N3O2. The average Bonchev–Trinajstić information content (AvgIpc) is 2.52. The van der Waals surface area contributed by atoms with Crippen LogP contribution in [0.5, 0.6) is 5.88 Å². The first-order valence-electron chi connectivity index (χ1n) is 7.87.